The third-order valence-electron chi connectivity index (χ3n) is 3.54. The van der Waals surface area contributed by atoms with Crippen LogP contribution in [0.5, 0.6) is 0 Å². The van der Waals surface area contributed by atoms with Crippen LogP contribution >= 0.6 is 0 Å². The van der Waals surface area contributed by atoms with Crippen LogP contribution in [0.4, 0.5) is 0 Å². The van der Waals surface area contributed by atoms with Crippen molar-refractivity contribution in [2.75, 3.05) is 13.1 Å². The number of hydrogen-bond donors (Lipinski definition) is 1. The van der Waals surface area contributed by atoms with E-state index in [1.165, 1.54) is 51.5 Å². The first-order chi connectivity index (χ1) is 6.83. The topological polar surface area (TPSA) is 12.0 Å². The molecule has 1 unspecified atom stereocenters. The Bertz CT molecular complexity index is 127. The van der Waals surface area contributed by atoms with Gasteiger partial charge in [-0.2, -0.15) is 0 Å². The Labute approximate surface area is 89.7 Å². The van der Waals surface area contributed by atoms with Gasteiger partial charge in [0.25, 0.3) is 0 Å². The average molecular weight is 197 g/mol. The van der Waals surface area contributed by atoms with E-state index in [4.69, 9.17) is 0 Å². The molecule has 0 aromatic rings. The van der Waals surface area contributed by atoms with Crippen molar-refractivity contribution in [1.82, 2.24) is 5.32 Å². The van der Waals surface area contributed by atoms with Crippen LogP contribution in [0.3, 0.4) is 0 Å². The molecule has 84 valence electrons. The van der Waals surface area contributed by atoms with Gasteiger partial charge in [0.1, 0.15) is 0 Å². The second-order valence-electron chi connectivity index (χ2n) is 4.99. The molecule has 0 spiro atoms. The molecule has 14 heavy (non-hydrogen) atoms. The molecule has 1 heteroatoms. The zero-order valence-corrected chi connectivity index (χ0v) is 10.0. The Balaban J connectivity index is 2.00. The molecule has 0 radical (unpaired) electrons. The van der Waals surface area contributed by atoms with E-state index in [2.05, 4.69) is 19.2 Å². The van der Waals surface area contributed by atoms with E-state index in [0.29, 0.717) is 0 Å². The van der Waals surface area contributed by atoms with Gasteiger partial charge in [0, 0.05) is 0 Å². The first kappa shape index (κ1) is 12.0. The van der Waals surface area contributed by atoms with Crippen LogP contribution in [0.2, 0.25) is 0 Å². The van der Waals surface area contributed by atoms with Crippen molar-refractivity contribution >= 4 is 0 Å². The maximum atomic E-state index is 3.44. The fraction of sp³-hybridized carbons (Fsp3) is 1.00. The van der Waals surface area contributed by atoms with Gasteiger partial charge in [-0.05, 0) is 31.3 Å². The van der Waals surface area contributed by atoms with Gasteiger partial charge in [-0.1, -0.05) is 52.4 Å². The van der Waals surface area contributed by atoms with Crippen molar-refractivity contribution in [3.05, 3.63) is 0 Å². The maximum absolute atomic E-state index is 3.44. The molecule has 0 aliphatic heterocycles. The molecule has 1 rings (SSSR count). The highest BCUT2D eigenvalue weighted by Crippen LogP contribution is 2.28. The van der Waals surface area contributed by atoms with Gasteiger partial charge in [0.2, 0.25) is 0 Å². The summed E-state index contributed by atoms with van der Waals surface area (Å²) < 4.78 is 0. The van der Waals surface area contributed by atoms with E-state index in [1.54, 1.807) is 0 Å². The monoisotopic (exact) mass is 197 g/mol. The van der Waals surface area contributed by atoms with Crippen molar-refractivity contribution in [2.45, 2.75) is 58.8 Å². The third-order valence-corrected chi connectivity index (χ3v) is 3.54. The lowest BCUT2D eigenvalue weighted by atomic mass is 9.84. The van der Waals surface area contributed by atoms with E-state index in [1.807, 2.05) is 0 Å². The van der Waals surface area contributed by atoms with E-state index in [-0.39, 0.29) is 0 Å². The summed E-state index contributed by atoms with van der Waals surface area (Å²) in [4.78, 5) is 0. The predicted molar refractivity (Wildman–Crippen MR) is 63.5 cm³/mol. The summed E-state index contributed by atoms with van der Waals surface area (Å²) in [5.41, 5.74) is 0. The lowest BCUT2D eigenvalue weighted by molar-refractivity contribution is 0.310. The Morgan fingerprint density at radius 1 is 1.21 bits per heavy atom. The molecular weight excluding hydrogens is 170 g/mol. The quantitative estimate of drug-likeness (QED) is 0.686. The Morgan fingerprint density at radius 2 is 1.93 bits per heavy atom. The summed E-state index contributed by atoms with van der Waals surface area (Å²) in [6.45, 7) is 6.90. The third kappa shape index (κ3) is 4.99. The fourth-order valence-corrected chi connectivity index (χ4v) is 2.49. The summed E-state index contributed by atoms with van der Waals surface area (Å²) in [5, 5.41) is 3.44. The van der Waals surface area contributed by atoms with Gasteiger partial charge >= 0.3 is 0 Å². The zero-order chi connectivity index (χ0) is 10.2. The standard InChI is InChI=1S/C13H27N/c1-3-14-11-12(2)9-10-13-7-5-4-6-8-13/h12-14H,3-11H2,1-2H3. The summed E-state index contributed by atoms with van der Waals surface area (Å²) in [6.07, 6.45) is 10.4. The highest BCUT2D eigenvalue weighted by Gasteiger charge is 2.14. The minimum atomic E-state index is 0.872. The van der Waals surface area contributed by atoms with Crippen molar-refractivity contribution in [3.8, 4) is 0 Å². The molecular formula is C13H27N. The molecule has 0 aromatic carbocycles. The average Bonchev–Trinajstić information content (AvgIpc) is 2.25. The van der Waals surface area contributed by atoms with Gasteiger partial charge in [-0.15, -0.1) is 0 Å². The highest BCUT2D eigenvalue weighted by atomic mass is 14.8. The SMILES string of the molecule is CCNCC(C)CCC1CCCCC1. The van der Waals surface area contributed by atoms with Crippen LogP contribution in [0.15, 0.2) is 0 Å². The Hall–Kier alpha value is -0.0400. The van der Waals surface area contributed by atoms with Crippen molar-refractivity contribution in [3.63, 3.8) is 0 Å². The van der Waals surface area contributed by atoms with Gasteiger partial charge < -0.3 is 5.32 Å². The second kappa shape index (κ2) is 7.28. The summed E-state index contributed by atoms with van der Waals surface area (Å²) in [5.74, 6) is 1.93. The summed E-state index contributed by atoms with van der Waals surface area (Å²) in [6, 6.07) is 0. The van der Waals surface area contributed by atoms with Gasteiger partial charge in [0.15, 0.2) is 0 Å². The molecule has 1 atom stereocenters. The number of nitrogens with one attached hydrogen (secondary N) is 1. The van der Waals surface area contributed by atoms with E-state index in [0.717, 1.165) is 18.4 Å². The predicted octanol–water partition coefficient (Wildman–Crippen LogP) is 3.59. The molecule has 0 bridgehead atoms. The molecule has 0 saturated heterocycles. The van der Waals surface area contributed by atoms with E-state index < -0.39 is 0 Å². The first-order valence-corrected chi connectivity index (χ1v) is 6.53. The van der Waals surface area contributed by atoms with E-state index >= 15 is 0 Å². The Morgan fingerprint density at radius 3 is 2.57 bits per heavy atom. The smallest absolute Gasteiger partial charge is 0.00233 e. The molecule has 1 nitrogen and oxygen atoms in total. The van der Waals surface area contributed by atoms with Crippen molar-refractivity contribution in [2.24, 2.45) is 11.8 Å². The minimum Gasteiger partial charge on any atom is -0.317 e. The first-order valence-electron chi connectivity index (χ1n) is 6.53. The van der Waals surface area contributed by atoms with Crippen molar-refractivity contribution in [1.29, 1.82) is 0 Å². The fourth-order valence-electron chi connectivity index (χ4n) is 2.49. The highest BCUT2D eigenvalue weighted by molar-refractivity contribution is 4.67. The molecule has 1 fully saturated rings. The summed E-state index contributed by atoms with van der Waals surface area (Å²) >= 11 is 0. The lowest BCUT2D eigenvalue weighted by Crippen LogP contribution is -2.21. The van der Waals surface area contributed by atoms with Crippen LogP contribution in [0, 0.1) is 11.8 Å². The Kier molecular flexibility index (Phi) is 6.25. The lowest BCUT2D eigenvalue weighted by Gasteiger charge is -2.23. The normalized spacial score (nSPS) is 21.0. The molecule has 0 aromatic heterocycles. The molecule has 1 saturated carbocycles. The van der Waals surface area contributed by atoms with Crippen LogP contribution in [0.25, 0.3) is 0 Å². The van der Waals surface area contributed by atoms with Crippen LogP contribution in [-0.4, -0.2) is 13.1 Å². The van der Waals surface area contributed by atoms with Crippen molar-refractivity contribution < 1.29 is 0 Å². The number of rotatable bonds is 6. The minimum absolute atomic E-state index is 0.872. The van der Waals surface area contributed by atoms with Gasteiger partial charge in [-0.3, -0.25) is 0 Å². The maximum Gasteiger partial charge on any atom is -0.00233 e. The van der Waals surface area contributed by atoms with E-state index in [9.17, 15) is 0 Å². The number of hydrogen-bond acceptors (Lipinski definition) is 1. The van der Waals surface area contributed by atoms with Gasteiger partial charge in [0.05, 0.1) is 0 Å². The molecule has 0 amide bonds. The molecule has 1 N–H and O–H groups in total. The summed E-state index contributed by atoms with van der Waals surface area (Å²) in [7, 11) is 0. The van der Waals surface area contributed by atoms with Crippen LogP contribution in [0.1, 0.15) is 58.8 Å². The zero-order valence-electron chi connectivity index (χ0n) is 10.0. The molecule has 0 heterocycles. The van der Waals surface area contributed by atoms with Gasteiger partial charge in [-0.25, -0.2) is 0 Å². The second-order valence-corrected chi connectivity index (χ2v) is 4.99. The van der Waals surface area contributed by atoms with Crippen LogP contribution < -0.4 is 5.32 Å². The van der Waals surface area contributed by atoms with Crippen LogP contribution in [-0.2, 0) is 0 Å². The largest absolute Gasteiger partial charge is 0.317 e. The molecule has 1 aliphatic rings. The molecule has 1 aliphatic carbocycles.